The van der Waals surface area contributed by atoms with Gasteiger partial charge in [-0.3, -0.25) is 9.36 Å². The highest BCUT2D eigenvalue weighted by atomic mass is 79.9. The number of methoxy groups -OCH3 is 1. The molecule has 1 aliphatic rings. The van der Waals surface area contributed by atoms with Gasteiger partial charge in [-0.25, -0.2) is 9.79 Å². The summed E-state index contributed by atoms with van der Waals surface area (Å²) in [4.78, 5) is 31.4. The highest BCUT2D eigenvalue weighted by Crippen LogP contribution is 2.35. The summed E-state index contributed by atoms with van der Waals surface area (Å²) in [6, 6.07) is 8.26. The highest BCUT2D eigenvalue weighted by molar-refractivity contribution is 9.10. The molecule has 3 aromatic rings. The lowest BCUT2D eigenvalue weighted by Crippen LogP contribution is -2.39. The Hall–Kier alpha value is -2.43. The molecule has 10 heteroatoms. The first-order valence-electron chi connectivity index (χ1n) is 9.62. The first kappa shape index (κ1) is 22.8. The summed E-state index contributed by atoms with van der Waals surface area (Å²) < 4.78 is 19.4. The number of allylic oxidation sites excluding steroid dienone is 1. The summed E-state index contributed by atoms with van der Waals surface area (Å²) in [6.45, 7) is 3.70. The molecule has 32 heavy (non-hydrogen) atoms. The number of aromatic nitrogens is 1. The van der Waals surface area contributed by atoms with Crippen LogP contribution in [-0.4, -0.2) is 24.3 Å². The van der Waals surface area contributed by atoms with Crippen LogP contribution in [0.25, 0.3) is 6.08 Å². The van der Waals surface area contributed by atoms with E-state index in [0.717, 1.165) is 5.56 Å². The van der Waals surface area contributed by atoms with E-state index in [1.807, 2.05) is 12.1 Å². The van der Waals surface area contributed by atoms with Crippen LogP contribution in [0, 0.1) is 0 Å². The third-order valence-corrected chi connectivity index (χ3v) is 6.90. The molecule has 1 atom stereocenters. The molecule has 0 N–H and O–H groups in total. The molecule has 0 fully saturated rings. The molecule has 0 amide bonds. The minimum absolute atomic E-state index is 0.215. The summed E-state index contributed by atoms with van der Waals surface area (Å²) in [5.74, 6) is 0.671. The number of nitrogens with zero attached hydrogens (tertiary/aromatic N) is 2. The molecule has 166 valence electrons. The normalized spacial score (nSPS) is 16.0. The van der Waals surface area contributed by atoms with E-state index in [4.69, 9.17) is 13.9 Å². The van der Waals surface area contributed by atoms with Crippen LogP contribution in [0.15, 0.2) is 64.9 Å². The van der Waals surface area contributed by atoms with Gasteiger partial charge in [-0.15, -0.1) is 0 Å². The van der Waals surface area contributed by atoms with Crippen LogP contribution >= 0.6 is 43.2 Å². The van der Waals surface area contributed by atoms with Crippen molar-refractivity contribution in [2.75, 3.05) is 13.7 Å². The predicted molar refractivity (Wildman–Crippen MR) is 128 cm³/mol. The fourth-order valence-electron chi connectivity index (χ4n) is 3.49. The van der Waals surface area contributed by atoms with Crippen LogP contribution in [0.3, 0.4) is 0 Å². The summed E-state index contributed by atoms with van der Waals surface area (Å²) in [5.41, 5.74) is 1.29. The van der Waals surface area contributed by atoms with E-state index >= 15 is 0 Å². The van der Waals surface area contributed by atoms with E-state index in [-0.39, 0.29) is 12.2 Å². The third-order valence-electron chi connectivity index (χ3n) is 4.88. The lowest BCUT2D eigenvalue weighted by Gasteiger charge is -2.25. The van der Waals surface area contributed by atoms with Gasteiger partial charge in [0.1, 0.15) is 11.5 Å². The molecule has 1 aromatic carbocycles. The number of rotatable bonds is 5. The van der Waals surface area contributed by atoms with Crippen molar-refractivity contribution in [1.29, 1.82) is 0 Å². The zero-order valence-electron chi connectivity index (χ0n) is 17.3. The maximum absolute atomic E-state index is 13.5. The smallest absolute Gasteiger partial charge is 0.338 e. The van der Waals surface area contributed by atoms with Crippen molar-refractivity contribution < 1.29 is 18.7 Å². The zero-order chi connectivity index (χ0) is 23.0. The molecule has 0 saturated carbocycles. The van der Waals surface area contributed by atoms with Gasteiger partial charge in [0.15, 0.2) is 9.47 Å². The van der Waals surface area contributed by atoms with E-state index < -0.39 is 12.0 Å². The predicted octanol–water partition coefficient (Wildman–Crippen LogP) is 3.92. The van der Waals surface area contributed by atoms with E-state index in [1.165, 1.54) is 15.9 Å². The molecule has 4 rings (SSSR count). The van der Waals surface area contributed by atoms with Crippen molar-refractivity contribution in [3.63, 3.8) is 0 Å². The molecule has 0 radical (unpaired) electrons. The minimum atomic E-state index is -0.696. The van der Waals surface area contributed by atoms with Crippen molar-refractivity contribution in [2.45, 2.75) is 19.9 Å². The summed E-state index contributed by atoms with van der Waals surface area (Å²) in [6.07, 6.45) is 1.67. The number of hydrogen-bond acceptors (Lipinski definition) is 7. The van der Waals surface area contributed by atoms with Crippen molar-refractivity contribution in [2.24, 2.45) is 4.99 Å². The van der Waals surface area contributed by atoms with Gasteiger partial charge in [0, 0.05) is 6.08 Å². The first-order valence-corrected chi connectivity index (χ1v) is 12.0. The maximum Gasteiger partial charge on any atom is 0.338 e. The van der Waals surface area contributed by atoms with Crippen LogP contribution in [0.2, 0.25) is 0 Å². The minimum Gasteiger partial charge on any atom is -0.496 e. The van der Waals surface area contributed by atoms with E-state index in [0.29, 0.717) is 41.3 Å². The van der Waals surface area contributed by atoms with Gasteiger partial charge >= 0.3 is 5.97 Å². The monoisotopic (exact) mass is 580 g/mol. The van der Waals surface area contributed by atoms with E-state index in [9.17, 15) is 9.59 Å². The highest BCUT2D eigenvalue weighted by Gasteiger charge is 2.33. The number of thiazole rings is 1. The van der Waals surface area contributed by atoms with E-state index in [2.05, 4.69) is 36.9 Å². The quantitative estimate of drug-likeness (QED) is 0.426. The van der Waals surface area contributed by atoms with Crippen LogP contribution in [-0.2, 0) is 9.53 Å². The van der Waals surface area contributed by atoms with Gasteiger partial charge in [0.05, 0.1) is 40.0 Å². The van der Waals surface area contributed by atoms with Gasteiger partial charge in [-0.2, -0.15) is 0 Å². The molecular weight excluding hydrogens is 564 g/mol. The van der Waals surface area contributed by atoms with Crippen molar-refractivity contribution in [3.8, 4) is 5.75 Å². The Labute approximate surface area is 203 Å². The van der Waals surface area contributed by atoms with Gasteiger partial charge in [-0.1, -0.05) is 17.4 Å². The SMILES string of the molecule is CCOC(=O)C1=C(C)N=c2s/c(=C/c3ccc(Br)o3)c(=O)n2[C@H]1c1ccc(OC)c(Br)c1. The Balaban J connectivity index is 1.97. The number of fused-ring (bicyclic) bond motifs is 1. The van der Waals surface area contributed by atoms with Gasteiger partial charge < -0.3 is 13.9 Å². The van der Waals surface area contributed by atoms with Gasteiger partial charge in [0.2, 0.25) is 0 Å². The number of esters is 1. The Bertz CT molecular complexity index is 1420. The fraction of sp³-hybridized carbons (Fsp3) is 0.227. The molecule has 0 saturated heterocycles. The summed E-state index contributed by atoms with van der Waals surface area (Å²) >= 11 is 8.00. The molecule has 7 nitrogen and oxygen atoms in total. The summed E-state index contributed by atoms with van der Waals surface area (Å²) in [7, 11) is 1.57. The molecule has 3 heterocycles. The second kappa shape index (κ2) is 9.21. The third kappa shape index (κ3) is 4.14. The number of ether oxygens (including phenoxy) is 2. The topological polar surface area (TPSA) is 83.0 Å². The van der Waals surface area contributed by atoms with E-state index in [1.54, 1.807) is 45.2 Å². The molecule has 1 aliphatic heterocycles. The van der Waals surface area contributed by atoms with Gasteiger partial charge in [0.25, 0.3) is 5.56 Å². The molecule has 2 aromatic heterocycles. The Morgan fingerprint density at radius 1 is 1.31 bits per heavy atom. The first-order chi connectivity index (χ1) is 15.3. The molecule has 0 aliphatic carbocycles. The lowest BCUT2D eigenvalue weighted by atomic mass is 9.96. The number of carbonyl (C=O) groups is 1. The largest absolute Gasteiger partial charge is 0.496 e. The van der Waals surface area contributed by atoms with Crippen molar-refractivity contribution in [3.05, 3.63) is 81.8 Å². The fourth-order valence-corrected chi connectivity index (χ4v) is 5.40. The second-order valence-electron chi connectivity index (χ2n) is 6.84. The van der Waals surface area contributed by atoms with Crippen LogP contribution in [0.1, 0.15) is 31.2 Å². The van der Waals surface area contributed by atoms with Crippen LogP contribution in [0.4, 0.5) is 0 Å². The Morgan fingerprint density at radius 3 is 2.72 bits per heavy atom. The molecule has 0 bridgehead atoms. The number of carbonyl (C=O) groups excluding carboxylic acids is 1. The van der Waals surface area contributed by atoms with Crippen LogP contribution in [0.5, 0.6) is 5.75 Å². The van der Waals surface area contributed by atoms with Crippen molar-refractivity contribution >= 4 is 55.2 Å². The van der Waals surface area contributed by atoms with Gasteiger partial charge in [-0.05, 0) is 75.5 Å². The average molecular weight is 582 g/mol. The molecule has 0 unspecified atom stereocenters. The molecule has 0 spiro atoms. The number of benzene rings is 1. The number of hydrogen-bond donors (Lipinski definition) is 0. The zero-order valence-corrected chi connectivity index (χ0v) is 21.3. The lowest BCUT2D eigenvalue weighted by molar-refractivity contribution is -0.139. The number of furan rings is 1. The maximum atomic E-state index is 13.5. The summed E-state index contributed by atoms with van der Waals surface area (Å²) in [5, 5.41) is 0. The average Bonchev–Trinajstić information content (AvgIpc) is 3.29. The number of halogens is 2. The Kier molecular flexibility index (Phi) is 6.55. The molecular formula is C22H18Br2N2O5S. The Morgan fingerprint density at radius 2 is 2.09 bits per heavy atom. The second-order valence-corrected chi connectivity index (χ2v) is 9.48. The van der Waals surface area contributed by atoms with Crippen LogP contribution < -0.4 is 19.6 Å². The standard InChI is InChI=1S/C22H18Br2N2O5S/c1-4-30-21(28)18-11(2)25-22-26(19(18)12-5-7-15(29-3)14(23)9-12)20(27)16(32-22)10-13-6-8-17(24)31-13/h5-10,19H,4H2,1-3H3/b16-10+/t19-/m0/s1. The van der Waals surface area contributed by atoms with Crippen molar-refractivity contribution in [1.82, 2.24) is 4.57 Å².